The minimum absolute atomic E-state index is 0.0563. The quantitative estimate of drug-likeness (QED) is 0.224. The maximum absolute atomic E-state index is 13.2. The molecule has 228 valence electrons. The van der Waals surface area contributed by atoms with Crippen molar-refractivity contribution in [2.45, 2.75) is 71.5 Å². The van der Waals surface area contributed by atoms with Crippen molar-refractivity contribution in [1.82, 2.24) is 0 Å². The third kappa shape index (κ3) is 6.23. The summed E-state index contributed by atoms with van der Waals surface area (Å²) in [5.74, 6) is 3.59. The van der Waals surface area contributed by atoms with Crippen molar-refractivity contribution in [1.29, 1.82) is 0 Å². The lowest BCUT2D eigenvalue weighted by Crippen LogP contribution is -2.30. The van der Waals surface area contributed by atoms with Crippen molar-refractivity contribution in [2.75, 3.05) is 13.2 Å². The minimum atomic E-state index is -0.445. The fourth-order valence-corrected chi connectivity index (χ4v) is 6.17. The molecule has 0 bridgehead atoms. The number of ketones is 2. The van der Waals surface area contributed by atoms with Gasteiger partial charge in [-0.1, -0.05) is 42.5 Å². The van der Waals surface area contributed by atoms with Crippen LogP contribution in [0.25, 0.3) is 0 Å². The highest BCUT2D eigenvalue weighted by molar-refractivity contribution is 6.05. The smallest absolute Gasteiger partial charge is 0.163 e. The molecule has 7 heteroatoms. The zero-order valence-electron chi connectivity index (χ0n) is 25.4. The Morgan fingerprint density at radius 3 is 1.80 bits per heavy atom. The molecule has 3 aromatic carbocycles. The number of ether oxygens (including phenoxy) is 5. The summed E-state index contributed by atoms with van der Waals surface area (Å²) in [4.78, 5) is 26.4. The van der Waals surface area contributed by atoms with E-state index >= 15 is 0 Å². The molecule has 0 atom stereocenters. The van der Waals surface area contributed by atoms with E-state index in [1.54, 1.807) is 0 Å². The fraction of sp³-hybridized carbons (Fsp3) is 0.351. The summed E-state index contributed by atoms with van der Waals surface area (Å²) < 4.78 is 30.4. The number of Topliss-reactive ketones (excluding diaryl/α,β-unsaturated/α-hetero) is 2. The highest BCUT2D eigenvalue weighted by Crippen LogP contribution is 2.49. The Hall–Kier alpha value is -4.52. The number of carbonyl (C=O) groups is 2. The van der Waals surface area contributed by atoms with Gasteiger partial charge in [0.05, 0.1) is 13.2 Å². The SMILES string of the molecule is CCOc1cc(COc2ccc(C3C4=C(CCCC4=O)OC4=C3C(=O)CCC4)cc2OCC)ccc1OCc1ccccc1. The third-order valence-electron chi connectivity index (χ3n) is 8.18. The standard InChI is InChI=1S/C37H38O7/c1-3-40-33-20-25(16-18-29(33)42-22-24-10-6-5-7-11-24)23-43-30-19-17-26(21-34(30)41-4-2)35-36-27(38)12-8-14-31(36)44-32-15-9-13-28(39)37(32)35/h5-7,10-11,16-21,35H,3-4,8-9,12-15,22-23H2,1-2H3. The number of hydrogen-bond donors (Lipinski definition) is 0. The van der Waals surface area contributed by atoms with Crippen LogP contribution in [0.4, 0.5) is 0 Å². The third-order valence-corrected chi connectivity index (χ3v) is 8.18. The first-order valence-corrected chi connectivity index (χ1v) is 15.6. The summed E-state index contributed by atoms with van der Waals surface area (Å²) in [7, 11) is 0. The number of rotatable bonds is 11. The van der Waals surface area contributed by atoms with E-state index in [0.717, 1.165) is 41.1 Å². The molecule has 7 nitrogen and oxygen atoms in total. The lowest BCUT2D eigenvalue weighted by atomic mass is 9.73. The Morgan fingerprint density at radius 1 is 0.614 bits per heavy atom. The van der Waals surface area contributed by atoms with Crippen molar-refractivity contribution in [2.24, 2.45) is 0 Å². The van der Waals surface area contributed by atoms with Gasteiger partial charge >= 0.3 is 0 Å². The molecule has 44 heavy (non-hydrogen) atoms. The highest BCUT2D eigenvalue weighted by Gasteiger charge is 2.42. The molecule has 3 aliphatic rings. The fourth-order valence-electron chi connectivity index (χ4n) is 6.17. The summed E-state index contributed by atoms with van der Waals surface area (Å²) in [6.07, 6.45) is 3.89. The molecule has 0 saturated heterocycles. The van der Waals surface area contributed by atoms with Crippen LogP contribution >= 0.6 is 0 Å². The van der Waals surface area contributed by atoms with Crippen molar-refractivity contribution < 1.29 is 33.3 Å². The van der Waals surface area contributed by atoms with E-state index in [4.69, 9.17) is 23.7 Å². The predicted octanol–water partition coefficient (Wildman–Crippen LogP) is 7.77. The molecule has 2 aliphatic carbocycles. The van der Waals surface area contributed by atoms with Gasteiger partial charge in [0.15, 0.2) is 34.6 Å². The molecule has 0 fully saturated rings. The van der Waals surface area contributed by atoms with Crippen LogP contribution < -0.4 is 18.9 Å². The molecule has 3 aromatic rings. The molecular formula is C37H38O7. The van der Waals surface area contributed by atoms with E-state index in [9.17, 15) is 9.59 Å². The molecule has 1 heterocycles. The van der Waals surface area contributed by atoms with E-state index < -0.39 is 5.92 Å². The highest BCUT2D eigenvalue weighted by atomic mass is 16.5. The minimum Gasteiger partial charge on any atom is -0.490 e. The van der Waals surface area contributed by atoms with Crippen LogP contribution in [-0.4, -0.2) is 24.8 Å². The van der Waals surface area contributed by atoms with Crippen LogP contribution in [0.1, 0.15) is 75.0 Å². The molecule has 0 amide bonds. The summed E-state index contributed by atoms with van der Waals surface area (Å²) in [6.45, 7) is 5.55. The Bertz CT molecular complexity index is 1560. The maximum Gasteiger partial charge on any atom is 0.163 e. The summed E-state index contributed by atoms with van der Waals surface area (Å²) in [5.41, 5.74) is 4.09. The number of carbonyl (C=O) groups excluding carboxylic acids is 2. The number of hydrogen-bond acceptors (Lipinski definition) is 7. The first-order valence-electron chi connectivity index (χ1n) is 15.6. The normalized spacial score (nSPS) is 16.7. The Labute approximate surface area is 258 Å². The summed E-state index contributed by atoms with van der Waals surface area (Å²) >= 11 is 0. The maximum atomic E-state index is 13.2. The van der Waals surface area contributed by atoms with E-state index in [0.29, 0.717) is 79.6 Å². The average Bonchev–Trinajstić information content (AvgIpc) is 3.04. The van der Waals surface area contributed by atoms with E-state index in [1.807, 2.05) is 80.6 Å². The molecule has 0 saturated carbocycles. The second kappa shape index (κ2) is 13.4. The molecule has 0 radical (unpaired) electrons. The number of allylic oxidation sites excluding steroid dienone is 4. The average molecular weight is 595 g/mol. The van der Waals surface area contributed by atoms with Crippen LogP contribution in [0.15, 0.2) is 89.4 Å². The monoisotopic (exact) mass is 594 g/mol. The van der Waals surface area contributed by atoms with Gasteiger partial charge in [-0.05, 0) is 67.6 Å². The van der Waals surface area contributed by atoms with Gasteiger partial charge in [-0.15, -0.1) is 0 Å². The van der Waals surface area contributed by atoms with E-state index in [2.05, 4.69) is 0 Å². The second-order valence-corrected chi connectivity index (χ2v) is 11.2. The van der Waals surface area contributed by atoms with Crippen molar-refractivity contribution in [3.05, 3.63) is 106 Å². The van der Waals surface area contributed by atoms with Crippen molar-refractivity contribution in [3.63, 3.8) is 0 Å². The second-order valence-electron chi connectivity index (χ2n) is 11.2. The number of benzene rings is 3. The van der Waals surface area contributed by atoms with Gasteiger partial charge in [0.2, 0.25) is 0 Å². The first kappa shape index (κ1) is 29.5. The van der Waals surface area contributed by atoms with Gasteiger partial charge in [0, 0.05) is 42.7 Å². The Balaban J connectivity index is 1.24. The lowest BCUT2D eigenvalue weighted by Gasteiger charge is -2.36. The lowest BCUT2D eigenvalue weighted by molar-refractivity contribution is -0.117. The molecule has 0 aromatic heterocycles. The molecule has 0 N–H and O–H groups in total. The molecular weight excluding hydrogens is 556 g/mol. The Morgan fingerprint density at radius 2 is 1.18 bits per heavy atom. The largest absolute Gasteiger partial charge is 0.490 e. The van der Waals surface area contributed by atoms with Crippen LogP contribution in [0.2, 0.25) is 0 Å². The molecule has 1 aliphatic heterocycles. The van der Waals surface area contributed by atoms with Crippen molar-refractivity contribution in [3.8, 4) is 23.0 Å². The van der Waals surface area contributed by atoms with Crippen molar-refractivity contribution >= 4 is 11.6 Å². The van der Waals surface area contributed by atoms with Crippen LogP contribution in [0, 0.1) is 0 Å². The summed E-state index contributed by atoms with van der Waals surface area (Å²) in [6, 6.07) is 21.5. The molecule has 0 spiro atoms. The zero-order chi connectivity index (χ0) is 30.5. The molecule has 6 rings (SSSR count). The van der Waals surface area contributed by atoms with Gasteiger partial charge in [0.1, 0.15) is 24.7 Å². The molecule has 0 unspecified atom stereocenters. The van der Waals surface area contributed by atoms with Gasteiger partial charge in [0.25, 0.3) is 0 Å². The van der Waals surface area contributed by atoms with Gasteiger partial charge in [-0.3, -0.25) is 9.59 Å². The zero-order valence-corrected chi connectivity index (χ0v) is 25.4. The van der Waals surface area contributed by atoms with Crippen LogP contribution in [0.3, 0.4) is 0 Å². The van der Waals surface area contributed by atoms with Gasteiger partial charge in [-0.25, -0.2) is 0 Å². The predicted molar refractivity (Wildman–Crippen MR) is 166 cm³/mol. The van der Waals surface area contributed by atoms with Crippen LogP contribution in [0.5, 0.6) is 23.0 Å². The van der Waals surface area contributed by atoms with Gasteiger partial charge in [-0.2, -0.15) is 0 Å². The van der Waals surface area contributed by atoms with E-state index in [1.165, 1.54) is 0 Å². The summed E-state index contributed by atoms with van der Waals surface area (Å²) in [5, 5.41) is 0. The van der Waals surface area contributed by atoms with E-state index in [-0.39, 0.29) is 18.2 Å². The first-order chi connectivity index (χ1) is 21.6. The van der Waals surface area contributed by atoms with Gasteiger partial charge < -0.3 is 23.7 Å². The topological polar surface area (TPSA) is 80.3 Å². The van der Waals surface area contributed by atoms with Crippen LogP contribution in [-0.2, 0) is 27.5 Å². The Kier molecular flexibility index (Phi) is 9.01.